The van der Waals surface area contributed by atoms with Crippen molar-refractivity contribution < 1.29 is 14.3 Å². The smallest absolute Gasteiger partial charge is 0.264 e. The second-order valence-corrected chi connectivity index (χ2v) is 8.20. The van der Waals surface area contributed by atoms with Gasteiger partial charge in [-0.05, 0) is 6.07 Å². The Morgan fingerprint density at radius 3 is 2.70 bits per heavy atom. The molecule has 0 aliphatic carbocycles. The molecular formula is C19H21N7O3S. The number of thiophene rings is 1. The summed E-state index contributed by atoms with van der Waals surface area (Å²) in [6.45, 7) is 4.21. The van der Waals surface area contributed by atoms with E-state index in [9.17, 15) is 4.79 Å². The number of fused-ring (bicyclic) bond motifs is 1. The maximum atomic E-state index is 12.8. The number of nitrogens with two attached hydrogens (primary N) is 1. The molecule has 2 saturated heterocycles. The fourth-order valence-electron chi connectivity index (χ4n) is 3.56. The molecule has 30 heavy (non-hydrogen) atoms. The summed E-state index contributed by atoms with van der Waals surface area (Å²) in [7, 11) is 0. The summed E-state index contributed by atoms with van der Waals surface area (Å²) >= 11 is 1.42. The lowest BCUT2D eigenvalue weighted by Gasteiger charge is -2.32. The number of ether oxygens (including phenoxy) is 2. The molecular weight excluding hydrogens is 406 g/mol. The van der Waals surface area contributed by atoms with Gasteiger partial charge in [0.15, 0.2) is 0 Å². The number of aromatic nitrogens is 4. The zero-order chi connectivity index (χ0) is 20.5. The number of nitrogens with zero attached hydrogens (tertiary/aromatic N) is 6. The van der Waals surface area contributed by atoms with Crippen LogP contribution in [0.25, 0.3) is 10.2 Å². The van der Waals surface area contributed by atoms with Crippen LogP contribution in [-0.4, -0.2) is 76.7 Å². The molecule has 3 aromatic rings. The van der Waals surface area contributed by atoms with E-state index in [1.54, 1.807) is 18.6 Å². The van der Waals surface area contributed by atoms with Gasteiger partial charge in [0.25, 0.3) is 5.91 Å². The lowest BCUT2D eigenvalue weighted by Crippen LogP contribution is -2.40. The van der Waals surface area contributed by atoms with Gasteiger partial charge >= 0.3 is 0 Å². The third-order valence-corrected chi connectivity index (χ3v) is 6.23. The standard InChI is InChI=1S/C19H21N7O3S/c20-18-21-8-12(9-22-18)14-11-26(3-6-29-14)19-23-10-16-13(24-19)7-15(30-16)17(27)25-1-4-28-5-2-25/h7-10,14H,1-6,11H2,(H2,20,21,22). The molecule has 5 heterocycles. The summed E-state index contributed by atoms with van der Waals surface area (Å²) in [4.78, 5) is 34.7. The molecule has 0 spiro atoms. The average Bonchev–Trinajstić information content (AvgIpc) is 3.23. The highest BCUT2D eigenvalue weighted by atomic mass is 32.1. The van der Waals surface area contributed by atoms with Crippen molar-refractivity contribution in [2.24, 2.45) is 0 Å². The van der Waals surface area contributed by atoms with Gasteiger partial charge in [0.2, 0.25) is 11.9 Å². The first-order valence-corrected chi connectivity index (χ1v) is 10.6. The van der Waals surface area contributed by atoms with Gasteiger partial charge in [-0.1, -0.05) is 0 Å². The number of amides is 1. The molecule has 2 aliphatic rings. The van der Waals surface area contributed by atoms with E-state index in [-0.39, 0.29) is 18.0 Å². The molecule has 156 valence electrons. The first-order chi connectivity index (χ1) is 14.7. The first-order valence-electron chi connectivity index (χ1n) is 9.75. The molecule has 1 amide bonds. The summed E-state index contributed by atoms with van der Waals surface area (Å²) in [5.41, 5.74) is 7.22. The minimum atomic E-state index is -0.181. The Hall–Kier alpha value is -2.89. The van der Waals surface area contributed by atoms with Crippen LogP contribution in [0.5, 0.6) is 0 Å². The quantitative estimate of drug-likeness (QED) is 0.655. The largest absolute Gasteiger partial charge is 0.378 e. The van der Waals surface area contributed by atoms with Gasteiger partial charge in [-0.25, -0.2) is 19.9 Å². The Balaban J connectivity index is 1.35. The molecule has 2 N–H and O–H groups in total. The van der Waals surface area contributed by atoms with Crippen molar-refractivity contribution in [3.05, 3.63) is 35.1 Å². The second kappa shape index (κ2) is 8.09. The van der Waals surface area contributed by atoms with Crippen molar-refractivity contribution in [2.75, 3.05) is 56.6 Å². The number of carbonyl (C=O) groups is 1. The monoisotopic (exact) mass is 427 g/mol. The van der Waals surface area contributed by atoms with Crippen LogP contribution in [0.15, 0.2) is 24.7 Å². The second-order valence-electron chi connectivity index (χ2n) is 7.11. The summed E-state index contributed by atoms with van der Waals surface area (Å²) in [5.74, 6) is 0.882. The molecule has 5 rings (SSSR count). The zero-order valence-electron chi connectivity index (χ0n) is 16.2. The van der Waals surface area contributed by atoms with E-state index >= 15 is 0 Å². The topological polar surface area (TPSA) is 120 Å². The Bertz CT molecular complexity index is 1050. The van der Waals surface area contributed by atoms with Gasteiger partial charge < -0.3 is 25.0 Å². The number of rotatable bonds is 3. The highest BCUT2D eigenvalue weighted by Gasteiger charge is 2.25. The Morgan fingerprint density at radius 2 is 1.90 bits per heavy atom. The first kappa shape index (κ1) is 19.1. The van der Waals surface area contributed by atoms with E-state index in [1.807, 2.05) is 11.0 Å². The highest BCUT2D eigenvalue weighted by Crippen LogP contribution is 2.28. The molecule has 1 unspecified atom stereocenters. The van der Waals surface area contributed by atoms with Crippen molar-refractivity contribution >= 4 is 39.4 Å². The van der Waals surface area contributed by atoms with Crippen LogP contribution < -0.4 is 10.6 Å². The van der Waals surface area contributed by atoms with E-state index in [1.165, 1.54) is 11.3 Å². The molecule has 2 aliphatic heterocycles. The van der Waals surface area contributed by atoms with Gasteiger partial charge in [0.05, 0.1) is 47.7 Å². The van der Waals surface area contributed by atoms with Gasteiger partial charge in [0, 0.05) is 37.6 Å². The highest BCUT2D eigenvalue weighted by molar-refractivity contribution is 7.20. The van der Waals surface area contributed by atoms with E-state index in [0.717, 1.165) is 15.8 Å². The van der Waals surface area contributed by atoms with Crippen LogP contribution in [-0.2, 0) is 9.47 Å². The van der Waals surface area contributed by atoms with Crippen LogP contribution in [0.3, 0.4) is 0 Å². The molecule has 0 radical (unpaired) electrons. The van der Waals surface area contributed by atoms with Crippen molar-refractivity contribution in [1.82, 2.24) is 24.8 Å². The number of anilines is 2. The molecule has 0 saturated carbocycles. The lowest BCUT2D eigenvalue weighted by atomic mass is 10.1. The summed E-state index contributed by atoms with van der Waals surface area (Å²) in [5, 5.41) is 0. The van der Waals surface area contributed by atoms with Crippen LogP contribution >= 0.6 is 11.3 Å². The summed E-state index contributed by atoms with van der Waals surface area (Å²) < 4.78 is 12.1. The SMILES string of the molecule is Nc1ncc(C2CN(c3ncc4sc(C(=O)N5CCOCC5)cc4n3)CCO2)cn1. The predicted octanol–water partition coefficient (Wildman–Crippen LogP) is 1.11. The van der Waals surface area contributed by atoms with Crippen molar-refractivity contribution in [3.63, 3.8) is 0 Å². The molecule has 0 aromatic carbocycles. The third kappa shape index (κ3) is 3.78. The number of carbonyl (C=O) groups excluding carboxylic acids is 1. The maximum absolute atomic E-state index is 12.8. The minimum Gasteiger partial charge on any atom is -0.378 e. The van der Waals surface area contributed by atoms with E-state index in [4.69, 9.17) is 20.2 Å². The normalized spacial score (nSPS) is 19.9. The predicted molar refractivity (Wildman–Crippen MR) is 111 cm³/mol. The number of morpholine rings is 2. The molecule has 11 heteroatoms. The van der Waals surface area contributed by atoms with Crippen molar-refractivity contribution in [2.45, 2.75) is 6.10 Å². The Labute approximate surface area is 176 Å². The molecule has 3 aromatic heterocycles. The van der Waals surface area contributed by atoms with Crippen LogP contribution in [0.1, 0.15) is 21.3 Å². The van der Waals surface area contributed by atoms with E-state index < -0.39 is 0 Å². The van der Waals surface area contributed by atoms with Crippen LogP contribution in [0, 0.1) is 0 Å². The molecule has 10 nitrogen and oxygen atoms in total. The minimum absolute atomic E-state index is 0.0256. The number of hydrogen-bond donors (Lipinski definition) is 1. The van der Waals surface area contributed by atoms with E-state index in [2.05, 4.69) is 19.9 Å². The summed E-state index contributed by atoms with van der Waals surface area (Å²) in [6, 6.07) is 1.86. The average molecular weight is 427 g/mol. The lowest BCUT2D eigenvalue weighted by molar-refractivity contribution is 0.0306. The van der Waals surface area contributed by atoms with Gasteiger partial charge in [-0.15, -0.1) is 11.3 Å². The van der Waals surface area contributed by atoms with Crippen molar-refractivity contribution in [3.8, 4) is 0 Å². The van der Waals surface area contributed by atoms with Gasteiger partial charge in [0.1, 0.15) is 6.10 Å². The number of nitrogen functional groups attached to an aromatic ring is 1. The number of hydrogen-bond acceptors (Lipinski definition) is 10. The van der Waals surface area contributed by atoms with Crippen LogP contribution in [0.2, 0.25) is 0 Å². The summed E-state index contributed by atoms with van der Waals surface area (Å²) in [6.07, 6.45) is 4.97. The molecule has 0 bridgehead atoms. The van der Waals surface area contributed by atoms with Crippen LogP contribution in [0.4, 0.5) is 11.9 Å². The maximum Gasteiger partial charge on any atom is 0.264 e. The van der Waals surface area contributed by atoms with Gasteiger partial charge in [-0.2, -0.15) is 0 Å². The Kier molecular flexibility index (Phi) is 5.15. The third-order valence-electron chi connectivity index (χ3n) is 5.18. The van der Waals surface area contributed by atoms with E-state index in [0.29, 0.717) is 56.8 Å². The fourth-order valence-corrected chi connectivity index (χ4v) is 4.49. The molecule has 2 fully saturated rings. The van der Waals surface area contributed by atoms with Crippen molar-refractivity contribution in [1.29, 1.82) is 0 Å². The zero-order valence-corrected chi connectivity index (χ0v) is 17.0. The van der Waals surface area contributed by atoms with Gasteiger partial charge in [-0.3, -0.25) is 4.79 Å². The Morgan fingerprint density at radius 1 is 1.10 bits per heavy atom. The molecule has 1 atom stereocenters. The fraction of sp³-hybridized carbons (Fsp3) is 0.421.